The van der Waals surface area contributed by atoms with Crippen molar-refractivity contribution in [2.75, 3.05) is 13.2 Å². The van der Waals surface area contributed by atoms with E-state index in [0.29, 0.717) is 54.8 Å². The molecule has 0 aliphatic carbocycles. The molecule has 0 saturated carbocycles. The number of furan rings is 1. The van der Waals surface area contributed by atoms with Crippen molar-refractivity contribution in [2.45, 2.75) is 109 Å². The lowest BCUT2D eigenvalue weighted by molar-refractivity contribution is -0.312. The summed E-state index contributed by atoms with van der Waals surface area (Å²) in [7, 11) is 0. The Labute approximate surface area is 286 Å². The topological polar surface area (TPSA) is 102 Å². The molecule has 9 nitrogen and oxygen atoms in total. The van der Waals surface area contributed by atoms with Crippen molar-refractivity contribution in [2.24, 2.45) is 0 Å². The number of ether oxygens (including phenoxy) is 6. The van der Waals surface area contributed by atoms with Gasteiger partial charge in [-0.3, -0.25) is 0 Å². The number of fused-ring (bicyclic) bond motifs is 3. The van der Waals surface area contributed by atoms with Gasteiger partial charge in [0.15, 0.2) is 0 Å². The first kappa shape index (κ1) is 33.4. The molecule has 5 heterocycles. The Morgan fingerprint density at radius 3 is 2.29 bits per heavy atom. The number of benzene rings is 2. The molecule has 3 atom stereocenters. The summed E-state index contributed by atoms with van der Waals surface area (Å²) in [6.45, 7) is 13.5. The first-order valence-electron chi connectivity index (χ1n) is 17.3. The van der Waals surface area contributed by atoms with E-state index in [1.54, 1.807) is 18.4 Å². The van der Waals surface area contributed by atoms with Crippen molar-refractivity contribution in [3.8, 4) is 17.2 Å². The number of epoxide rings is 1. The molecule has 0 N–H and O–H groups in total. The summed E-state index contributed by atoms with van der Waals surface area (Å²) in [4.78, 5) is 11.6. The molecule has 2 fully saturated rings. The molecule has 0 bridgehead atoms. The Bertz CT molecular complexity index is 1960. The lowest BCUT2D eigenvalue weighted by Gasteiger charge is -2.34. The smallest absolute Gasteiger partial charge is 0.336 e. The maximum atomic E-state index is 11.6. The maximum absolute atomic E-state index is 11.6. The molecule has 0 amide bonds. The quantitative estimate of drug-likeness (QED) is 0.0831. The Morgan fingerprint density at radius 2 is 1.55 bits per heavy atom. The zero-order chi connectivity index (χ0) is 34.4. The molecular formula is C40H46O9. The molecule has 49 heavy (non-hydrogen) atoms. The van der Waals surface area contributed by atoms with Gasteiger partial charge in [-0.05, 0) is 110 Å². The molecule has 7 rings (SSSR count). The second-order valence-electron chi connectivity index (χ2n) is 14.6. The standard InChI is InChI=1S/C40H46O9/c1-25(16-20-42-28-11-9-27-10-14-36(41)45-31(27)23-28)8-13-35-39(5,6)49-40(48-35)19-15-29-33(46-40)24-32-30(18-22-43-32)37(29)44-21-17-26(2)7-12-34-38(3,4)47-34/h9-11,14,16-18,22-24,34-35H,7-8,12-13,15,19-21H2,1-6H3/b25-16+,26-17+/t34?,35-,40-/m1/s1. The highest BCUT2D eigenvalue weighted by molar-refractivity contribution is 5.88. The third kappa shape index (κ3) is 7.30. The average Bonchev–Trinajstić information content (AvgIpc) is 3.31. The minimum absolute atomic E-state index is 0.0148. The molecule has 0 radical (unpaired) electrons. The Morgan fingerprint density at radius 1 is 0.857 bits per heavy atom. The minimum Gasteiger partial charge on any atom is -0.489 e. The van der Waals surface area contributed by atoms with Gasteiger partial charge in [0.1, 0.15) is 41.6 Å². The van der Waals surface area contributed by atoms with Gasteiger partial charge in [-0.2, -0.15) is 0 Å². The van der Waals surface area contributed by atoms with Gasteiger partial charge >= 0.3 is 11.6 Å². The fourth-order valence-corrected chi connectivity index (χ4v) is 6.84. The third-order valence-electron chi connectivity index (χ3n) is 9.94. The van der Waals surface area contributed by atoms with E-state index in [4.69, 9.17) is 37.3 Å². The van der Waals surface area contributed by atoms with Gasteiger partial charge in [0.25, 0.3) is 0 Å². The molecular weight excluding hydrogens is 624 g/mol. The van der Waals surface area contributed by atoms with Crippen LogP contribution in [0, 0.1) is 0 Å². The normalized spacial score (nSPS) is 24.3. The van der Waals surface area contributed by atoms with Crippen LogP contribution in [0.4, 0.5) is 0 Å². The van der Waals surface area contributed by atoms with Gasteiger partial charge in [0, 0.05) is 35.6 Å². The van der Waals surface area contributed by atoms with Crippen LogP contribution in [-0.4, -0.2) is 42.6 Å². The number of hydrogen-bond acceptors (Lipinski definition) is 9. The van der Waals surface area contributed by atoms with Crippen molar-refractivity contribution in [1.82, 2.24) is 0 Å². The molecule has 2 aromatic heterocycles. The van der Waals surface area contributed by atoms with Gasteiger partial charge < -0.3 is 37.3 Å². The summed E-state index contributed by atoms with van der Waals surface area (Å²) >= 11 is 0. The summed E-state index contributed by atoms with van der Waals surface area (Å²) in [5, 5.41) is 1.78. The van der Waals surface area contributed by atoms with Crippen LogP contribution < -0.4 is 19.8 Å². The van der Waals surface area contributed by atoms with Gasteiger partial charge in [-0.1, -0.05) is 11.1 Å². The van der Waals surface area contributed by atoms with Gasteiger partial charge in [0.2, 0.25) is 0 Å². The summed E-state index contributed by atoms with van der Waals surface area (Å²) in [5.41, 5.74) is 3.75. The SMILES string of the molecule is C/C(=C\COc1c2c(cc3occc13)O[C@]1(CC2)O[C@H](CC/C(C)=C/COc2ccc3ccc(=O)oc3c2)C(C)(C)O1)CCC1OC1(C)C. The second-order valence-corrected chi connectivity index (χ2v) is 14.6. The van der Waals surface area contributed by atoms with Gasteiger partial charge in [-0.15, -0.1) is 0 Å². The Hall–Kier alpha value is -4.05. The Kier molecular flexibility index (Phi) is 8.88. The van der Waals surface area contributed by atoms with E-state index in [0.717, 1.165) is 47.8 Å². The number of rotatable bonds is 12. The van der Waals surface area contributed by atoms with Crippen LogP contribution >= 0.6 is 0 Å². The molecule has 3 aliphatic rings. The lowest BCUT2D eigenvalue weighted by atomic mass is 9.96. The van der Waals surface area contributed by atoms with E-state index in [9.17, 15) is 4.79 Å². The van der Waals surface area contributed by atoms with Crippen LogP contribution in [0.15, 0.2) is 85.7 Å². The van der Waals surface area contributed by atoms with E-state index in [2.05, 4.69) is 53.7 Å². The summed E-state index contributed by atoms with van der Waals surface area (Å²) in [6.07, 6.45) is 10.9. The number of hydrogen-bond donors (Lipinski definition) is 0. The largest absolute Gasteiger partial charge is 0.489 e. The monoisotopic (exact) mass is 670 g/mol. The van der Waals surface area contributed by atoms with Gasteiger partial charge in [-0.25, -0.2) is 4.79 Å². The highest BCUT2D eigenvalue weighted by Crippen LogP contribution is 2.49. The zero-order valence-electron chi connectivity index (χ0n) is 29.3. The molecule has 2 saturated heterocycles. The number of allylic oxidation sites excluding steroid dienone is 2. The highest BCUT2D eigenvalue weighted by Gasteiger charge is 2.55. The molecule has 260 valence electrons. The van der Waals surface area contributed by atoms with Gasteiger partial charge in [0.05, 0.1) is 35.1 Å². The first-order chi connectivity index (χ1) is 23.4. The van der Waals surface area contributed by atoms with E-state index in [-0.39, 0.29) is 17.3 Å². The summed E-state index contributed by atoms with van der Waals surface area (Å²) in [6, 6.07) is 12.5. The Balaban J connectivity index is 0.965. The molecule has 1 spiro atoms. The van der Waals surface area contributed by atoms with Crippen molar-refractivity contribution >= 4 is 21.9 Å². The first-order valence-corrected chi connectivity index (χ1v) is 17.3. The lowest BCUT2D eigenvalue weighted by Crippen LogP contribution is -2.42. The molecule has 3 aliphatic heterocycles. The fourth-order valence-electron chi connectivity index (χ4n) is 6.84. The molecule has 1 unspecified atom stereocenters. The zero-order valence-corrected chi connectivity index (χ0v) is 29.3. The highest BCUT2D eigenvalue weighted by atomic mass is 16.9. The van der Waals surface area contributed by atoms with Crippen LogP contribution in [-0.2, 0) is 20.6 Å². The molecule has 2 aromatic carbocycles. The second kappa shape index (κ2) is 13.0. The van der Waals surface area contributed by atoms with E-state index < -0.39 is 11.6 Å². The van der Waals surface area contributed by atoms with E-state index in [1.807, 2.05) is 24.3 Å². The van der Waals surface area contributed by atoms with Crippen molar-refractivity contribution in [3.63, 3.8) is 0 Å². The maximum Gasteiger partial charge on any atom is 0.336 e. The summed E-state index contributed by atoms with van der Waals surface area (Å²) < 4.78 is 48.9. The van der Waals surface area contributed by atoms with Crippen LogP contribution in [0.1, 0.15) is 79.2 Å². The summed E-state index contributed by atoms with van der Waals surface area (Å²) in [5.74, 6) is 0.915. The van der Waals surface area contributed by atoms with Crippen molar-refractivity contribution < 1.29 is 37.3 Å². The molecule has 9 heteroatoms. The van der Waals surface area contributed by atoms with Crippen LogP contribution in [0.3, 0.4) is 0 Å². The van der Waals surface area contributed by atoms with Crippen molar-refractivity contribution in [3.05, 3.63) is 88.0 Å². The third-order valence-corrected chi connectivity index (χ3v) is 9.94. The van der Waals surface area contributed by atoms with E-state index in [1.165, 1.54) is 17.2 Å². The minimum atomic E-state index is -1.18. The van der Waals surface area contributed by atoms with Crippen LogP contribution in [0.25, 0.3) is 21.9 Å². The predicted molar refractivity (Wildman–Crippen MR) is 186 cm³/mol. The van der Waals surface area contributed by atoms with Crippen LogP contribution in [0.5, 0.6) is 17.2 Å². The molecule has 4 aromatic rings. The fraction of sp³-hybridized carbons (Fsp3) is 0.475. The van der Waals surface area contributed by atoms with Crippen molar-refractivity contribution in [1.29, 1.82) is 0 Å². The van der Waals surface area contributed by atoms with E-state index >= 15 is 0 Å². The predicted octanol–water partition coefficient (Wildman–Crippen LogP) is 8.80. The van der Waals surface area contributed by atoms with Crippen LogP contribution in [0.2, 0.25) is 0 Å². The average molecular weight is 671 g/mol.